The van der Waals surface area contributed by atoms with Crippen molar-refractivity contribution in [2.24, 2.45) is 0 Å². The van der Waals surface area contributed by atoms with Crippen molar-refractivity contribution in [1.29, 1.82) is 0 Å². The van der Waals surface area contributed by atoms with Crippen molar-refractivity contribution in [2.75, 3.05) is 19.3 Å². The first kappa shape index (κ1) is 20.5. The van der Waals surface area contributed by atoms with Gasteiger partial charge in [-0.15, -0.1) is 0 Å². The average molecular weight is 410 g/mol. The fourth-order valence-corrected chi connectivity index (χ4v) is 4.27. The van der Waals surface area contributed by atoms with Gasteiger partial charge < -0.3 is 20.2 Å². The van der Waals surface area contributed by atoms with Gasteiger partial charge in [0.2, 0.25) is 5.91 Å². The molecule has 0 saturated carbocycles. The molecule has 2 aliphatic rings. The van der Waals surface area contributed by atoms with Crippen LogP contribution in [-0.4, -0.2) is 78.7 Å². The lowest BCUT2D eigenvalue weighted by molar-refractivity contribution is -0.135. The van der Waals surface area contributed by atoms with Crippen LogP contribution < -0.4 is 5.32 Å². The summed E-state index contributed by atoms with van der Waals surface area (Å²) in [5.41, 5.74) is 0.897. The van der Waals surface area contributed by atoms with Crippen molar-refractivity contribution in [1.82, 2.24) is 24.7 Å². The van der Waals surface area contributed by atoms with Crippen molar-refractivity contribution in [3.8, 4) is 0 Å². The molecule has 1 fully saturated rings. The highest BCUT2D eigenvalue weighted by Gasteiger charge is 2.41. The van der Waals surface area contributed by atoms with Gasteiger partial charge in [-0.3, -0.25) is 9.36 Å². The highest BCUT2D eigenvalue weighted by molar-refractivity contribution is 8.00. The van der Waals surface area contributed by atoms with E-state index in [-0.39, 0.29) is 18.0 Å². The van der Waals surface area contributed by atoms with Gasteiger partial charge in [-0.2, -0.15) is 11.8 Å². The van der Waals surface area contributed by atoms with Gasteiger partial charge in [0.1, 0.15) is 11.9 Å². The maximum absolute atomic E-state index is 13.0. The van der Waals surface area contributed by atoms with E-state index in [1.165, 1.54) is 11.8 Å². The molecule has 28 heavy (non-hydrogen) atoms. The molecular weight excluding hydrogens is 382 g/mol. The van der Waals surface area contributed by atoms with Crippen LogP contribution >= 0.6 is 11.8 Å². The standard InChI is InChI=1S/C18H27N5O4S/c1-11-19-9-13-10-22(17(27)23(11)13)12-5-7-21(8-6-12)15(24)14(20-16(25)26)18(2,3)28-4/h9,12,14,20H,5-8,10H2,1-4H3,(H,25,26)/t14-/m0/s1. The van der Waals surface area contributed by atoms with Crippen LogP contribution in [0.15, 0.2) is 6.20 Å². The minimum Gasteiger partial charge on any atom is -0.465 e. The quantitative estimate of drug-likeness (QED) is 0.767. The summed E-state index contributed by atoms with van der Waals surface area (Å²) >= 11 is 1.45. The number of aromatic nitrogens is 2. The van der Waals surface area contributed by atoms with E-state index in [0.717, 1.165) is 5.69 Å². The van der Waals surface area contributed by atoms with Gasteiger partial charge >= 0.3 is 12.1 Å². The molecule has 0 spiro atoms. The van der Waals surface area contributed by atoms with Crippen LogP contribution in [0.3, 0.4) is 0 Å². The number of carbonyl (C=O) groups is 3. The topological polar surface area (TPSA) is 108 Å². The van der Waals surface area contributed by atoms with Gasteiger partial charge in [-0.25, -0.2) is 14.6 Å². The van der Waals surface area contributed by atoms with Gasteiger partial charge in [-0.05, 0) is 39.9 Å². The zero-order chi connectivity index (χ0) is 20.6. The molecule has 3 heterocycles. The largest absolute Gasteiger partial charge is 0.465 e. The lowest BCUT2D eigenvalue weighted by atomic mass is 9.98. The predicted octanol–water partition coefficient (Wildman–Crippen LogP) is 1.74. The number of hydrogen-bond acceptors (Lipinski definition) is 5. The Kier molecular flexibility index (Phi) is 5.60. The average Bonchev–Trinajstić information content (AvgIpc) is 3.19. The molecule has 10 heteroatoms. The Labute approximate surface area is 168 Å². The number of nitrogens with zero attached hydrogens (tertiary/aromatic N) is 4. The third kappa shape index (κ3) is 3.69. The summed E-state index contributed by atoms with van der Waals surface area (Å²) in [6, 6.07) is -0.807. The summed E-state index contributed by atoms with van der Waals surface area (Å²) in [5, 5.41) is 11.5. The summed E-state index contributed by atoms with van der Waals surface area (Å²) in [7, 11) is 0. The molecule has 1 aromatic heterocycles. The van der Waals surface area contributed by atoms with Crippen LogP contribution in [0.5, 0.6) is 0 Å². The van der Waals surface area contributed by atoms with E-state index in [2.05, 4.69) is 10.3 Å². The minimum absolute atomic E-state index is 0.0521. The van der Waals surface area contributed by atoms with Crippen LogP contribution in [0.2, 0.25) is 0 Å². The number of hydrogen-bond donors (Lipinski definition) is 2. The molecule has 0 aromatic carbocycles. The molecule has 0 bridgehead atoms. The van der Waals surface area contributed by atoms with Crippen molar-refractivity contribution in [2.45, 2.75) is 57.0 Å². The van der Waals surface area contributed by atoms with Crippen molar-refractivity contribution >= 4 is 29.8 Å². The fourth-order valence-electron chi connectivity index (χ4n) is 3.87. The van der Waals surface area contributed by atoms with Crippen molar-refractivity contribution in [3.05, 3.63) is 17.7 Å². The highest BCUT2D eigenvalue weighted by atomic mass is 32.2. The third-order valence-electron chi connectivity index (χ3n) is 5.73. The maximum atomic E-state index is 13.0. The van der Waals surface area contributed by atoms with E-state index in [0.29, 0.717) is 38.3 Å². The molecule has 9 nitrogen and oxygen atoms in total. The second-order valence-corrected chi connectivity index (χ2v) is 9.25. The number of nitrogens with one attached hydrogen (secondary N) is 1. The number of rotatable bonds is 5. The van der Waals surface area contributed by atoms with E-state index in [9.17, 15) is 14.4 Å². The van der Waals surface area contributed by atoms with E-state index in [1.807, 2.05) is 31.9 Å². The van der Waals surface area contributed by atoms with E-state index in [4.69, 9.17) is 5.11 Å². The van der Waals surface area contributed by atoms with Gasteiger partial charge in [0, 0.05) is 23.9 Å². The first-order valence-electron chi connectivity index (χ1n) is 9.33. The van der Waals surface area contributed by atoms with Crippen LogP contribution in [0.4, 0.5) is 9.59 Å². The number of carbonyl (C=O) groups excluding carboxylic acids is 2. The van der Waals surface area contributed by atoms with Gasteiger partial charge in [0.15, 0.2) is 0 Å². The van der Waals surface area contributed by atoms with Crippen molar-refractivity contribution in [3.63, 3.8) is 0 Å². The normalized spacial score (nSPS) is 18.9. The maximum Gasteiger partial charge on any atom is 0.405 e. The molecule has 154 valence electrons. The summed E-state index contributed by atoms with van der Waals surface area (Å²) in [5.74, 6) is 0.483. The summed E-state index contributed by atoms with van der Waals surface area (Å²) < 4.78 is 1.08. The molecule has 1 aromatic rings. The number of fused-ring (bicyclic) bond motifs is 1. The van der Waals surface area contributed by atoms with Gasteiger partial charge in [-0.1, -0.05) is 0 Å². The SMILES string of the molecule is CSC(C)(C)[C@@H](NC(=O)O)C(=O)N1CCC(N2Cc3cnc(C)n3C2=O)CC1. The molecule has 1 atom stereocenters. The summed E-state index contributed by atoms with van der Waals surface area (Å²) in [6.45, 7) is 7.08. The molecule has 0 aliphatic carbocycles. The molecule has 3 rings (SSSR count). The summed E-state index contributed by atoms with van der Waals surface area (Å²) in [6.07, 6.45) is 3.74. The van der Waals surface area contributed by atoms with E-state index < -0.39 is 16.9 Å². The fraction of sp³-hybridized carbons (Fsp3) is 0.667. The Morgan fingerprint density at radius 2 is 2.00 bits per heavy atom. The second-order valence-electron chi connectivity index (χ2n) is 7.79. The first-order valence-corrected chi connectivity index (χ1v) is 10.6. The molecule has 0 radical (unpaired) electrons. The number of imidazole rings is 1. The number of aryl methyl sites for hydroxylation is 1. The molecule has 2 aliphatic heterocycles. The summed E-state index contributed by atoms with van der Waals surface area (Å²) in [4.78, 5) is 44.6. The number of carboxylic acid groups (broad SMARTS) is 1. The Bertz CT molecular complexity index is 785. The monoisotopic (exact) mass is 409 g/mol. The molecular formula is C18H27N5O4S. The van der Waals surface area contributed by atoms with E-state index >= 15 is 0 Å². The molecule has 3 amide bonds. The van der Waals surface area contributed by atoms with Crippen LogP contribution in [-0.2, 0) is 11.3 Å². The van der Waals surface area contributed by atoms with Crippen LogP contribution in [0, 0.1) is 6.92 Å². The van der Waals surface area contributed by atoms with Crippen LogP contribution in [0.1, 0.15) is 38.2 Å². The number of piperidine rings is 1. The number of thioether (sulfide) groups is 1. The predicted molar refractivity (Wildman–Crippen MR) is 105 cm³/mol. The van der Waals surface area contributed by atoms with Gasteiger partial charge in [0.05, 0.1) is 18.4 Å². The zero-order valence-corrected chi connectivity index (χ0v) is 17.5. The highest BCUT2D eigenvalue weighted by Crippen LogP contribution is 2.29. The Morgan fingerprint density at radius 3 is 2.54 bits per heavy atom. The lowest BCUT2D eigenvalue weighted by Crippen LogP contribution is -2.59. The third-order valence-corrected chi connectivity index (χ3v) is 7.02. The van der Waals surface area contributed by atoms with Crippen molar-refractivity contribution < 1.29 is 19.5 Å². The molecule has 1 saturated heterocycles. The smallest absolute Gasteiger partial charge is 0.405 e. The van der Waals surface area contributed by atoms with Crippen LogP contribution in [0.25, 0.3) is 0 Å². The number of likely N-dealkylation sites (tertiary alicyclic amines) is 1. The molecule has 2 N–H and O–H groups in total. The number of amides is 3. The Balaban J connectivity index is 1.64. The Morgan fingerprint density at radius 1 is 1.36 bits per heavy atom. The first-order chi connectivity index (χ1) is 13.2. The zero-order valence-electron chi connectivity index (χ0n) is 16.6. The minimum atomic E-state index is -1.20. The molecule has 0 unspecified atom stereocenters. The second kappa shape index (κ2) is 7.65. The van der Waals surface area contributed by atoms with Gasteiger partial charge in [0.25, 0.3) is 0 Å². The lowest BCUT2D eigenvalue weighted by Gasteiger charge is -2.40. The van der Waals surface area contributed by atoms with E-state index in [1.54, 1.807) is 15.7 Å². The Hall–Kier alpha value is -2.23.